The highest BCUT2D eigenvalue weighted by molar-refractivity contribution is 6.38. The van der Waals surface area contributed by atoms with Crippen LogP contribution >= 0.6 is 23.2 Å². The van der Waals surface area contributed by atoms with Crippen molar-refractivity contribution in [2.24, 2.45) is 0 Å². The third-order valence-corrected chi connectivity index (χ3v) is 13.3. The summed E-state index contributed by atoms with van der Waals surface area (Å²) < 4.78 is 25.2. The summed E-state index contributed by atoms with van der Waals surface area (Å²) in [6.07, 6.45) is 7.84. The molecule has 9 rings (SSSR count). The maximum Gasteiger partial charge on any atom is 0.244 e. The molecule has 5 aromatic rings. The second-order valence-corrected chi connectivity index (χ2v) is 17.7. The van der Waals surface area contributed by atoms with Crippen LogP contribution in [0.25, 0.3) is 12.2 Å². The normalized spacial score (nSPS) is 20.5. The first-order valence-corrected chi connectivity index (χ1v) is 20.8. The minimum absolute atomic E-state index is 0.112. The van der Waals surface area contributed by atoms with Crippen molar-refractivity contribution in [3.05, 3.63) is 129 Å². The van der Waals surface area contributed by atoms with Crippen LogP contribution < -0.4 is 50.8 Å². The molecule has 4 aliphatic heterocycles. The van der Waals surface area contributed by atoms with Gasteiger partial charge in [0.1, 0.15) is 13.1 Å². The molecule has 14 heteroatoms. The Morgan fingerprint density at radius 2 is 1.02 bits per heavy atom. The predicted octanol–water partition coefficient (Wildman–Crippen LogP) is 9.25. The molecule has 6 N–H and O–H groups in total. The van der Waals surface area contributed by atoms with Crippen LogP contribution in [0.2, 0.25) is 10.0 Å². The molecule has 2 amide bonds. The number of halogens is 2. The van der Waals surface area contributed by atoms with Gasteiger partial charge in [-0.05, 0) is 99.5 Å². The average Bonchev–Trinajstić information content (AvgIpc) is 3.52. The molecule has 4 aliphatic rings. The third kappa shape index (κ3) is 6.10. The zero-order valence-corrected chi connectivity index (χ0v) is 36.6. The standard InChI is InChI=1S/C48H46Cl2N6O6/c1-45(2)31-11-7-9-13-37(31)55(47(45)17-15-27-19-29(51)21-39(59-5)43(27)61-47)25-41(57)53-35-23-34(50)36(24-33(35)49)54-42(58)26-56-38-14-10-8-12-32(38)46(3,4)48(56)18-16-28-20-30(52)22-40(60-6)44(28)62-48/h7-24H,25-26,51-52H2,1-6H3,(H,53,57)(H,54,58). The summed E-state index contributed by atoms with van der Waals surface area (Å²) in [5.74, 6) is 1.27. The minimum Gasteiger partial charge on any atom is -0.493 e. The summed E-state index contributed by atoms with van der Waals surface area (Å²) in [4.78, 5) is 32.1. The van der Waals surface area contributed by atoms with Gasteiger partial charge in [-0.3, -0.25) is 9.59 Å². The molecular weight excluding hydrogens is 827 g/mol. The lowest BCUT2D eigenvalue weighted by molar-refractivity contribution is -0.116. The first kappa shape index (κ1) is 40.9. The van der Waals surface area contributed by atoms with E-state index in [4.69, 9.17) is 53.6 Å². The molecule has 12 nitrogen and oxygen atoms in total. The van der Waals surface area contributed by atoms with Crippen LogP contribution in [-0.2, 0) is 20.4 Å². The number of amides is 2. The van der Waals surface area contributed by atoms with Gasteiger partial charge < -0.3 is 50.8 Å². The number of hydrogen-bond acceptors (Lipinski definition) is 10. The quantitative estimate of drug-likeness (QED) is 0.111. The first-order valence-electron chi connectivity index (χ1n) is 20.1. The molecule has 0 radical (unpaired) electrons. The van der Waals surface area contributed by atoms with Crippen LogP contribution in [0.4, 0.5) is 34.1 Å². The van der Waals surface area contributed by atoms with Crippen molar-refractivity contribution in [3.8, 4) is 23.0 Å². The molecular formula is C48H46Cl2N6O6. The number of nitrogen functional groups attached to an aromatic ring is 2. The number of ether oxygens (including phenoxy) is 4. The molecule has 0 aliphatic carbocycles. The number of carbonyl (C=O) groups is 2. The van der Waals surface area contributed by atoms with Crippen molar-refractivity contribution < 1.29 is 28.5 Å². The number of rotatable bonds is 8. The van der Waals surface area contributed by atoms with E-state index in [1.165, 1.54) is 12.1 Å². The molecule has 5 aromatic carbocycles. The van der Waals surface area contributed by atoms with Crippen molar-refractivity contribution in [1.82, 2.24) is 0 Å². The van der Waals surface area contributed by atoms with E-state index in [1.807, 2.05) is 94.8 Å². The molecule has 62 heavy (non-hydrogen) atoms. The second-order valence-electron chi connectivity index (χ2n) is 16.9. The zero-order chi connectivity index (χ0) is 43.9. The van der Waals surface area contributed by atoms with Gasteiger partial charge in [-0.1, -0.05) is 59.6 Å². The van der Waals surface area contributed by atoms with Crippen LogP contribution in [-0.4, -0.2) is 50.6 Å². The highest BCUT2D eigenvalue weighted by Crippen LogP contribution is 2.58. The summed E-state index contributed by atoms with van der Waals surface area (Å²) in [6.45, 7) is 8.12. The lowest BCUT2D eigenvalue weighted by Crippen LogP contribution is -2.61. The van der Waals surface area contributed by atoms with E-state index in [0.29, 0.717) is 34.4 Å². The van der Waals surface area contributed by atoms with Gasteiger partial charge in [0.25, 0.3) is 0 Å². The number of hydrogen-bond donors (Lipinski definition) is 4. The second kappa shape index (κ2) is 14.6. The van der Waals surface area contributed by atoms with E-state index in [1.54, 1.807) is 26.4 Å². The highest BCUT2D eigenvalue weighted by atomic mass is 35.5. The maximum absolute atomic E-state index is 14.1. The number of para-hydroxylation sites is 2. The Morgan fingerprint density at radius 1 is 0.629 bits per heavy atom. The van der Waals surface area contributed by atoms with Crippen LogP contribution in [0.1, 0.15) is 49.9 Å². The van der Waals surface area contributed by atoms with Gasteiger partial charge in [-0.15, -0.1) is 0 Å². The number of fused-ring (bicyclic) bond motifs is 4. The summed E-state index contributed by atoms with van der Waals surface area (Å²) in [5, 5.41) is 6.23. The van der Waals surface area contributed by atoms with Gasteiger partial charge in [0.2, 0.25) is 23.3 Å². The summed E-state index contributed by atoms with van der Waals surface area (Å²) in [6, 6.07) is 26.0. The number of nitrogens with one attached hydrogen (secondary N) is 2. The molecule has 4 heterocycles. The Morgan fingerprint density at radius 3 is 1.40 bits per heavy atom. The Kier molecular flexibility index (Phi) is 9.60. The van der Waals surface area contributed by atoms with Crippen LogP contribution in [0.3, 0.4) is 0 Å². The number of benzene rings is 5. The molecule has 2 spiro atoms. The molecule has 318 valence electrons. The van der Waals surface area contributed by atoms with Crippen molar-refractivity contribution >= 4 is 81.3 Å². The largest absolute Gasteiger partial charge is 0.493 e. The Labute approximate surface area is 370 Å². The van der Waals surface area contributed by atoms with Crippen LogP contribution in [0.5, 0.6) is 23.0 Å². The SMILES string of the molecule is COc1cc(N)cc2c1OC1(C=C2)N(CC(=O)Nc2cc(Cl)c(NC(=O)CN3c4ccccc4C(C)(C)C34C=Cc3cc(N)cc(OC)c3O4)cc2Cl)c2ccccc2C1(C)C. The van der Waals surface area contributed by atoms with E-state index in [0.717, 1.165) is 33.6 Å². The van der Waals surface area contributed by atoms with Crippen LogP contribution in [0, 0.1) is 0 Å². The zero-order valence-electron chi connectivity index (χ0n) is 35.1. The maximum atomic E-state index is 14.1. The minimum atomic E-state index is -1.12. The fourth-order valence-corrected chi connectivity index (χ4v) is 9.93. The van der Waals surface area contributed by atoms with Gasteiger partial charge >= 0.3 is 0 Å². The van der Waals surface area contributed by atoms with E-state index in [2.05, 4.69) is 38.3 Å². The molecule has 0 saturated carbocycles. The van der Waals surface area contributed by atoms with Gasteiger partial charge in [0.15, 0.2) is 23.0 Å². The van der Waals surface area contributed by atoms with Crippen molar-refractivity contribution in [3.63, 3.8) is 0 Å². The van der Waals surface area contributed by atoms with Gasteiger partial charge in [0.05, 0.1) is 46.5 Å². The number of carbonyl (C=O) groups excluding carboxylic acids is 2. The van der Waals surface area contributed by atoms with Gasteiger partial charge in [0, 0.05) is 46.0 Å². The summed E-state index contributed by atoms with van der Waals surface area (Å²) >= 11 is 13.7. The van der Waals surface area contributed by atoms with Gasteiger partial charge in [-0.2, -0.15) is 0 Å². The fourth-order valence-electron chi connectivity index (χ4n) is 9.51. The molecule has 0 aromatic heterocycles. The smallest absolute Gasteiger partial charge is 0.244 e. The number of anilines is 6. The summed E-state index contributed by atoms with van der Waals surface area (Å²) in [5.41, 5.74) is 15.7. The lowest BCUT2D eigenvalue weighted by atomic mass is 9.76. The average molecular weight is 874 g/mol. The monoisotopic (exact) mass is 872 g/mol. The molecule has 0 bridgehead atoms. The summed E-state index contributed by atoms with van der Waals surface area (Å²) in [7, 11) is 3.13. The Balaban J connectivity index is 0.961. The molecule has 2 atom stereocenters. The van der Waals surface area contributed by atoms with Crippen LogP contribution in [0.15, 0.2) is 97.1 Å². The first-order chi connectivity index (χ1) is 29.5. The number of nitrogens with zero attached hydrogens (tertiary/aromatic N) is 2. The molecule has 0 saturated heterocycles. The van der Waals surface area contributed by atoms with E-state index >= 15 is 0 Å². The van der Waals surface area contributed by atoms with Gasteiger partial charge in [-0.25, -0.2) is 0 Å². The van der Waals surface area contributed by atoms with Crippen molar-refractivity contribution in [2.75, 3.05) is 59.2 Å². The fraction of sp³-hybridized carbons (Fsp3) is 0.250. The Bertz CT molecular complexity index is 2580. The molecule has 2 unspecified atom stereocenters. The van der Waals surface area contributed by atoms with Crippen molar-refractivity contribution in [1.29, 1.82) is 0 Å². The third-order valence-electron chi connectivity index (χ3n) is 12.7. The van der Waals surface area contributed by atoms with E-state index in [9.17, 15) is 9.59 Å². The topological polar surface area (TPSA) is 154 Å². The number of methoxy groups -OCH3 is 2. The molecule has 0 fully saturated rings. The van der Waals surface area contributed by atoms with E-state index in [-0.39, 0.29) is 46.3 Å². The lowest BCUT2D eigenvalue weighted by Gasteiger charge is -2.47. The van der Waals surface area contributed by atoms with E-state index < -0.39 is 22.3 Å². The Hall–Kier alpha value is -6.50. The number of nitrogens with two attached hydrogens (primary N) is 2. The highest BCUT2D eigenvalue weighted by Gasteiger charge is 2.61. The van der Waals surface area contributed by atoms with Crippen molar-refractivity contribution in [2.45, 2.75) is 50.0 Å². The predicted molar refractivity (Wildman–Crippen MR) is 247 cm³/mol.